The Bertz CT molecular complexity index is 1320. The van der Waals surface area contributed by atoms with Gasteiger partial charge in [0.2, 0.25) is 5.95 Å². The number of thiazole rings is 1. The van der Waals surface area contributed by atoms with Crippen LogP contribution in [0.5, 0.6) is 0 Å². The van der Waals surface area contributed by atoms with Crippen molar-refractivity contribution in [3.63, 3.8) is 0 Å². The number of pyridine rings is 1. The summed E-state index contributed by atoms with van der Waals surface area (Å²) < 4.78 is -0.155. The van der Waals surface area contributed by atoms with E-state index in [1.807, 2.05) is 49.8 Å². The summed E-state index contributed by atoms with van der Waals surface area (Å²) in [5.74, 6) is -0.175. The highest BCUT2D eigenvalue weighted by atomic mass is 32.2. The van der Waals surface area contributed by atoms with Crippen molar-refractivity contribution in [2.24, 2.45) is 0 Å². The fraction of sp³-hybridized carbons (Fsp3) is 0.321. The molecule has 0 fully saturated rings. The number of carboxylic acid groups (broad SMARTS) is 1. The smallest absolute Gasteiger partial charge is 0.319 e. The van der Waals surface area contributed by atoms with E-state index in [0.717, 1.165) is 50.1 Å². The Morgan fingerprint density at radius 1 is 1.03 bits per heavy atom. The van der Waals surface area contributed by atoms with E-state index in [1.165, 1.54) is 11.8 Å². The molecule has 3 aromatic heterocycles. The Balaban J connectivity index is 1.51. The summed E-state index contributed by atoms with van der Waals surface area (Å²) in [6.45, 7) is 8.79. The topological polar surface area (TPSA) is 92.1 Å². The average Bonchev–Trinajstić information content (AvgIpc) is 3.25. The number of benzene rings is 1. The largest absolute Gasteiger partial charge is 0.480 e. The fourth-order valence-corrected chi connectivity index (χ4v) is 6.22. The van der Waals surface area contributed by atoms with Gasteiger partial charge in [-0.1, -0.05) is 55.1 Å². The molecule has 4 rings (SSSR count). The lowest BCUT2D eigenvalue weighted by Crippen LogP contribution is -2.27. The SMILES string of the molecule is CCc1cnc(N(CCc2sc(SC(C)(C)C(=O)O)nc2C)Cc2ccc(-c3ccccc3)nc2)nc1. The summed E-state index contributed by atoms with van der Waals surface area (Å²) in [4.78, 5) is 33.4. The van der Waals surface area contributed by atoms with Gasteiger partial charge in [-0.3, -0.25) is 9.78 Å². The van der Waals surface area contributed by atoms with E-state index >= 15 is 0 Å². The van der Waals surface area contributed by atoms with E-state index in [4.69, 9.17) is 0 Å². The van der Waals surface area contributed by atoms with Crippen molar-refractivity contribution in [3.05, 3.63) is 82.8 Å². The van der Waals surface area contributed by atoms with E-state index < -0.39 is 10.7 Å². The Morgan fingerprint density at radius 2 is 1.73 bits per heavy atom. The van der Waals surface area contributed by atoms with E-state index in [1.54, 1.807) is 25.2 Å². The van der Waals surface area contributed by atoms with E-state index in [0.29, 0.717) is 19.0 Å². The first-order valence-corrected chi connectivity index (χ1v) is 13.8. The highest BCUT2D eigenvalue weighted by molar-refractivity contribution is 8.03. The van der Waals surface area contributed by atoms with Gasteiger partial charge in [-0.05, 0) is 44.4 Å². The van der Waals surface area contributed by atoms with Gasteiger partial charge in [-0.2, -0.15) is 0 Å². The lowest BCUT2D eigenvalue weighted by atomic mass is 10.1. The first-order chi connectivity index (χ1) is 17.7. The molecule has 9 heteroatoms. The molecule has 0 atom stereocenters. The predicted octanol–water partition coefficient (Wildman–Crippen LogP) is 6.07. The van der Waals surface area contributed by atoms with Crippen molar-refractivity contribution < 1.29 is 9.90 Å². The van der Waals surface area contributed by atoms with Gasteiger partial charge in [0.25, 0.3) is 0 Å². The third-order valence-corrected chi connectivity index (χ3v) is 8.45. The van der Waals surface area contributed by atoms with E-state index in [2.05, 4.69) is 50.0 Å². The molecular weight excluding hydrogens is 502 g/mol. The number of hydrogen-bond acceptors (Lipinski definition) is 8. The summed E-state index contributed by atoms with van der Waals surface area (Å²) in [5, 5.41) is 9.47. The van der Waals surface area contributed by atoms with Crippen LogP contribution in [0.1, 0.15) is 42.5 Å². The van der Waals surface area contributed by atoms with Crippen molar-refractivity contribution in [1.29, 1.82) is 0 Å². The van der Waals surface area contributed by atoms with Crippen molar-refractivity contribution in [3.8, 4) is 11.3 Å². The highest BCUT2D eigenvalue weighted by Crippen LogP contribution is 2.36. The molecule has 0 unspecified atom stereocenters. The molecule has 0 saturated heterocycles. The van der Waals surface area contributed by atoms with Gasteiger partial charge in [-0.25, -0.2) is 15.0 Å². The van der Waals surface area contributed by atoms with Crippen molar-refractivity contribution >= 4 is 35.0 Å². The van der Waals surface area contributed by atoms with Crippen molar-refractivity contribution in [2.75, 3.05) is 11.4 Å². The van der Waals surface area contributed by atoms with Crippen LogP contribution in [0.2, 0.25) is 0 Å². The van der Waals surface area contributed by atoms with Crippen LogP contribution >= 0.6 is 23.1 Å². The normalized spacial score (nSPS) is 11.5. The maximum atomic E-state index is 11.5. The molecule has 37 heavy (non-hydrogen) atoms. The van der Waals surface area contributed by atoms with Crippen LogP contribution in [0.4, 0.5) is 5.95 Å². The maximum Gasteiger partial charge on any atom is 0.319 e. The second-order valence-corrected chi connectivity index (χ2v) is 12.2. The van der Waals surface area contributed by atoms with Crippen LogP contribution < -0.4 is 4.90 Å². The zero-order chi connectivity index (χ0) is 26.4. The van der Waals surface area contributed by atoms with Crippen molar-refractivity contribution in [2.45, 2.75) is 56.2 Å². The molecule has 0 aliphatic rings. The second kappa shape index (κ2) is 11.8. The summed E-state index contributed by atoms with van der Waals surface area (Å²) in [6.07, 6.45) is 7.32. The molecule has 0 bridgehead atoms. The molecule has 3 heterocycles. The van der Waals surface area contributed by atoms with E-state index in [-0.39, 0.29) is 0 Å². The number of aryl methyl sites for hydroxylation is 2. The average molecular weight is 534 g/mol. The van der Waals surface area contributed by atoms with Crippen LogP contribution in [-0.4, -0.2) is 42.3 Å². The number of thioether (sulfide) groups is 1. The quantitative estimate of drug-likeness (QED) is 0.232. The standard InChI is InChI=1S/C28H31N5O2S2/c1-5-20-15-30-26(31-16-20)33(18-21-11-12-23(29-17-21)22-9-7-6-8-10-22)14-13-24-19(2)32-27(36-24)37-28(3,4)25(34)35/h6-12,15-17H,5,13-14,18H2,1-4H3,(H,34,35). The molecule has 7 nitrogen and oxygen atoms in total. The van der Waals surface area contributed by atoms with Gasteiger partial charge < -0.3 is 10.0 Å². The Kier molecular flexibility index (Phi) is 8.56. The summed E-state index contributed by atoms with van der Waals surface area (Å²) in [5.41, 5.74) is 5.13. The van der Waals surface area contributed by atoms with Gasteiger partial charge in [-0.15, -0.1) is 11.3 Å². The van der Waals surface area contributed by atoms with Crippen LogP contribution in [0, 0.1) is 6.92 Å². The summed E-state index contributed by atoms with van der Waals surface area (Å²) in [6, 6.07) is 14.3. The molecule has 0 spiro atoms. The number of anilines is 1. The van der Waals surface area contributed by atoms with Crippen LogP contribution in [-0.2, 0) is 24.2 Å². The number of carboxylic acids is 1. The van der Waals surface area contributed by atoms with Gasteiger partial charge >= 0.3 is 5.97 Å². The third-order valence-electron chi connectivity index (χ3n) is 5.99. The van der Waals surface area contributed by atoms with Crippen LogP contribution in [0.25, 0.3) is 11.3 Å². The number of carbonyl (C=O) groups is 1. The number of nitrogens with zero attached hydrogens (tertiary/aromatic N) is 5. The Labute approximate surface area is 226 Å². The zero-order valence-corrected chi connectivity index (χ0v) is 23.1. The Hall–Kier alpha value is -3.30. The highest BCUT2D eigenvalue weighted by Gasteiger charge is 2.30. The first-order valence-electron chi connectivity index (χ1n) is 12.2. The summed E-state index contributed by atoms with van der Waals surface area (Å²) >= 11 is 2.85. The monoisotopic (exact) mass is 533 g/mol. The molecule has 0 saturated carbocycles. The lowest BCUT2D eigenvalue weighted by molar-refractivity contribution is -0.138. The number of aliphatic carboxylic acids is 1. The van der Waals surface area contributed by atoms with E-state index in [9.17, 15) is 9.90 Å². The van der Waals surface area contributed by atoms with Gasteiger partial charge in [0, 0.05) is 48.5 Å². The van der Waals surface area contributed by atoms with Crippen molar-refractivity contribution in [1.82, 2.24) is 19.9 Å². The minimum absolute atomic E-state index is 0.624. The molecule has 4 aromatic rings. The molecular formula is C28H31N5O2S2. The number of rotatable bonds is 11. The lowest BCUT2D eigenvalue weighted by Gasteiger charge is -2.22. The first kappa shape index (κ1) is 26.8. The number of aromatic nitrogens is 4. The second-order valence-electron chi connectivity index (χ2n) is 9.24. The predicted molar refractivity (Wildman–Crippen MR) is 150 cm³/mol. The van der Waals surface area contributed by atoms with Crippen LogP contribution in [0.3, 0.4) is 0 Å². The third kappa shape index (κ3) is 6.93. The molecule has 0 aliphatic carbocycles. The number of hydrogen-bond donors (Lipinski definition) is 1. The zero-order valence-electron chi connectivity index (χ0n) is 21.5. The van der Waals surface area contributed by atoms with Crippen LogP contribution in [0.15, 0.2) is 65.4 Å². The maximum absolute atomic E-state index is 11.5. The molecule has 192 valence electrons. The minimum atomic E-state index is -0.929. The summed E-state index contributed by atoms with van der Waals surface area (Å²) in [7, 11) is 0. The minimum Gasteiger partial charge on any atom is -0.480 e. The van der Waals surface area contributed by atoms with Gasteiger partial charge in [0.05, 0.1) is 11.4 Å². The Morgan fingerprint density at radius 3 is 2.35 bits per heavy atom. The van der Waals surface area contributed by atoms with Gasteiger partial charge in [0.1, 0.15) is 4.75 Å². The molecule has 0 amide bonds. The molecule has 0 radical (unpaired) electrons. The molecule has 1 N–H and O–H groups in total. The van der Waals surface area contributed by atoms with Gasteiger partial charge in [0.15, 0.2) is 4.34 Å². The fourth-order valence-electron chi connectivity index (χ4n) is 3.64. The molecule has 0 aliphatic heterocycles. The molecule has 1 aromatic carbocycles.